The first-order valence-corrected chi connectivity index (χ1v) is 9.77. The first-order chi connectivity index (χ1) is 13.8. The Morgan fingerprint density at radius 3 is 2.10 bits per heavy atom. The summed E-state index contributed by atoms with van der Waals surface area (Å²) < 4.78 is 5.50. The summed E-state index contributed by atoms with van der Waals surface area (Å²) in [4.78, 5) is 39.7. The normalized spacial score (nSPS) is 14.4. The Balaban J connectivity index is 1.58. The van der Waals surface area contributed by atoms with Gasteiger partial charge in [0.05, 0.1) is 5.92 Å². The molecule has 2 aromatic rings. The van der Waals surface area contributed by atoms with Crippen molar-refractivity contribution in [3.63, 3.8) is 0 Å². The summed E-state index contributed by atoms with van der Waals surface area (Å²) in [5, 5.41) is 0. The van der Waals surface area contributed by atoms with Crippen LogP contribution in [-0.4, -0.2) is 42.8 Å². The molecule has 1 aliphatic rings. The Bertz CT molecular complexity index is 882. The first kappa shape index (κ1) is 20.6. The number of benzene rings is 2. The molecule has 1 heterocycles. The standard InChI is InChI=1S/C23H26N2O4/c1-16-4-6-18(7-5-16)22(27)24(3)20-8-10-21(11-9-20)29-23(28)19-12-14-25(15-13-19)17(2)26/h4-11,19H,12-15H2,1-3H3. The van der Waals surface area contributed by atoms with Gasteiger partial charge in [0.15, 0.2) is 0 Å². The summed E-state index contributed by atoms with van der Waals surface area (Å²) in [6.07, 6.45) is 1.23. The number of carbonyl (C=O) groups is 3. The maximum Gasteiger partial charge on any atom is 0.314 e. The van der Waals surface area contributed by atoms with Crippen molar-refractivity contribution in [3.05, 3.63) is 59.7 Å². The number of rotatable bonds is 4. The van der Waals surface area contributed by atoms with Crippen molar-refractivity contribution in [1.82, 2.24) is 4.90 Å². The zero-order valence-electron chi connectivity index (χ0n) is 17.1. The highest BCUT2D eigenvalue weighted by molar-refractivity contribution is 6.05. The molecule has 2 amide bonds. The third-order valence-corrected chi connectivity index (χ3v) is 5.32. The number of hydrogen-bond donors (Lipinski definition) is 0. The van der Waals surface area contributed by atoms with Crippen molar-refractivity contribution < 1.29 is 19.1 Å². The molecule has 0 spiro atoms. The Morgan fingerprint density at radius 1 is 0.966 bits per heavy atom. The van der Waals surface area contributed by atoms with Crippen LogP contribution >= 0.6 is 0 Å². The average Bonchev–Trinajstić information content (AvgIpc) is 2.74. The lowest BCUT2D eigenvalue weighted by Crippen LogP contribution is -2.40. The van der Waals surface area contributed by atoms with Crippen LogP contribution in [0, 0.1) is 12.8 Å². The molecule has 1 fully saturated rings. The van der Waals surface area contributed by atoms with Crippen LogP contribution in [-0.2, 0) is 9.59 Å². The largest absolute Gasteiger partial charge is 0.426 e. The van der Waals surface area contributed by atoms with Gasteiger partial charge in [0.1, 0.15) is 5.75 Å². The van der Waals surface area contributed by atoms with E-state index in [0.717, 1.165) is 5.56 Å². The van der Waals surface area contributed by atoms with E-state index >= 15 is 0 Å². The number of hydrogen-bond acceptors (Lipinski definition) is 4. The Labute approximate surface area is 171 Å². The average molecular weight is 394 g/mol. The number of anilines is 1. The summed E-state index contributed by atoms with van der Waals surface area (Å²) in [6, 6.07) is 14.3. The van der Waals surface area contributed by atoms with E-state index in [9.17, 15) is 14.4 Å². The molecule has 0 aliphatic carbocycles. The number of carbonyl (C=O) groups excluding carboxylic acids is 3. The Kier molecular flexibility index (Phi) is 6.32. The third-order valence-electron chi connectivity index (χ3n) is 5.32. The van der Waals surface area contributed by atoms with Crippen molar-refractivity contribution >= 4 is 23.5 Å². The first-order valence-electron chi connectivity index (χ1n) is 9.77. The second-order valence-electron chi connectivity index (χ2n) is 7.43. The molecule has 6 nitrogen and oxygen atoms in total. The predicted octanol–water partition coefficient (Wildman–Crippen LogP) is 3.44. The fourth-order valence-electron chi connectivity index (χ4n) is 3.37. The van der Waals surface area contributed by atoms with Crippen molar-refractivity contribution in [3.8, 4) is 5.75 Å². The minimum atomic E-state index is -0.273. The van der Waals surface area contributed by atoms with Gasteiger partial charge < -0.3 is 14.5 Å². The Hall–Kier alpha value is -3.15. The van der Waals surface area contributed by atoms with Gasteiger partial charge in [-0.3, -0.25) is 14.4 Å². The quantitative estimate of drug-likeness (QED) is 0.589. The second kappa shape index (κ2) is 8.90. The van der Waals surface area contributed by atoms with Crippen LogP contribution in [0.15, 0.2) is 48.5 Å². The second-order valence-corrected chi connectivity index (χ2v) is 7.43. The molecular formula is C23H26N2O4. The van der Waals surface area contributed by atoms with Gasteiger partial charge in [-0.25, -0.2) is 0 Å². The molecule has 0 bridgehead atoms. The molecule has 0 aromatic heterocycles. The highest BCUT2D eigenvalue weighted by atomic mass is 16.5. The number of piperidine rings is 1. The van der Waals surface area contributed by atoms with Crippen LogP contribution < -0.4 is 9.64 Å². The zero-order chi connectivity index (χ0) is 21.0. The van der Waals surface area contributed by atoms with E-state index in [0.29, 0.717) is 42.9 Å². The lowest BCUT2D eigenvalue weighted by atomic mass is 9.97. The number of ether oxygens (including phenoxy) is 1. The molecule has 1 saturated heterocycles. The number of aryl methyl sites for hydroxylation is 1. The predicted molar refractivity (Wildman–Crippen MR) is 111 cm³/mol. The van der Waals surface area contributed by atoms with Gasteiger partial charge in [-0.15, -0.1) is 0 Å². The highest BCUT2D eigenvalue weighted by Crippen LogP contribution is 2.23. The number of likely N-dealkylation sites (tertiary alicyclic amines) is 1. The summed E-state index contributed by atoms with van der Waals surface area (Å²) in [7, 11) is 1.71. The summed E-state index contributed by atoms with van der Waals surface area (Å²) >= 11 is 0. The molecule has 29 heavy (non-hydrogen) atoms. The summed E-state index contributed by atoms with van der Waals surface area (Å²) in [5.41, 5.74) is 2.43. The maximum absolute atomic E-state index is 12.6. The molecule has 3 rings (SSSR count). The third kappa shape index (κ3) is 5.02. The van der Waals surface area contributed by atoms with Gasteiger partial charge in [0.2, 0.25) is 5.91 Å². The smallest absolute Gasteiger partial charge is 0.314 e. The van der Waals surface area contributed by atoms with Gasteiger partial charge >= 0.3 is 5.97 Å². The zero-order valence-corrected chi connectivity index (χ0v) is 17.1. The number of esters is 1. The van der Waals surface area contributed by atoms with Gasteiger partial charge in [0, 0.05) is 38.3 Å². The lowest BCUT2D eigenvalue weighted by molar-refractivity contribution is -0.142. The molecule has 0 atom stereocenters. The maximum atomic E-state index is 12.6. The van der Waals surface area contributed by atoms with Crippen LogP contribution in [0.4, 0.5) is 5.69 Å². The van der Waals surface area contributed by atoms with E-state index in [4.69, 9.17) is 4.74 Å². The van der Waals surface area contributed by atoms with Crippen LogP contribution in [0.1, 0.15) is 35.7 Å². The van der Waals surface area contributed by atoms with Gasteiger partial charge in [-0.05, 0) is 56.2 Å². The molecule has 1 aliphatic heterocycles. The van der Waals surface area contributed by atoms with Crippen LogP contribution in [0.25, 0.3) is 0 Å². The molecule has 2 aromatic carbocycles. The molecule has 0 N–H and O–H groups in total. The summed E-state index contributed by atoms with van der Waals surface area (Å²) in [6.45, 7) is 4.69. The lowest BCUT2D eigenvalue weighted by Gasteiger charge is -2.30. The topological polar surface area (TPSA) is 66.9 Å². The molecule has 0 unspecified atom stereocenters. The molecule has 0 radical (unpaired) electrons. The van der Waals surface area contributed by atoms with Crippen LogP contribution in [0.2, 0.25) is 0 Å². The molecule has 152 valence electrons. The SMILES string of the molecule is CC(=O)N1CCC(C(=O)Oc2ccc(N(C)C(=O)c3ccc(C)cc3)cc2)CC1. The van der Waals surface area contributed by atoms with Gasteiger partial charge in [-0.2, -0.15) is 0 Å². The molecule has 6 heteroatoms. The van der Waals surface area contributed by atoms with Gasteiger partial charge in [-0.1, -0.05) is 17.7 Å². The minimum Gasteiger partial charge on any atom is -0.426 e. The van der Waals surface area contributed by atoms with E-state index in [-0.39, 0.29) is 23.7 Å². The van der Waals surface area contributed by atoms with Crippen LogP contribution in [0.3, 0.4) is 0 Å². The van der Waals surface area contributed by atoms with Crippen molar-refractivity contribution in [2.45, 2.75) is 26.7 Å². The van der Waals surface area contributed by atoms with E-state index in [1.165, 1.54) is 0 Å². The molecular weight excluding hydrogens is 368 g/mol. The van der Waals surface area contributed by atoms with E-state index in [2.05, 4.69) is 0 Å². The van der Waals surface area contributed by atoms with Crippen molar-refractivity contribution in [2.24, 2.45) is 5.92 Å². The number of amides is 2. The van der Waals surface area contributed by atoms with Gasteiger partial charge in [0.25, 0.3) is 5.91 Å². The fourth-order valence-corrected chi connectivity index (χ4v) is 3.37. The Morgan fingerprint density at radius 2 is 1.55 bits per heavy atom. The molecule has 0 saturated carbocycles. The fraction of sp³-hybridized carbons (Fsp3) is 0.348. The van der Waals surface area contributed by atoms with Crippen molar-refractivity contribution in [1.29, 1.82) is 0 Å². The summed E-state index contributed by atoms with van der Waals surface area (Å²) in [5.74, 6) is -0.0891. The van der Waals surface area contributed by atoms with Crippen molar-refractivity contribution in [2.75, 3.05) is 25.0 Å². The van der Waals surface area contributed by atoms with E-state index in [1.54, 1.807) is 48.0 Å². The van der Waals surface area contributed by atoms with E-state index < -0.39 is 0 Å². The number of nitrogens with zero attached hydrogens (tertiary/aromatic N) is 2. The van der Waals surface area contributed by atoms with Crippen LogP contribution in [0.5, 0.6) is 5.75 Å². The minimum absolute atomic E-state index is 0.0386. The van der Waals surface area contributed by atoms with E-state index in [1.807, 2.05) is 31.2 Å². The monoisotopic (exact) mass is 394 g/mol. The highest BCUT2D eigenvalue weighted by Gasteiger charge is 2.27.